The van der Waals surface area contributed by atoms with Gasteiger partial charge in [0, 0.05) is 44.0 Å². The van der Waals surface area contributed by atoms with Gasteiger partial charge in [0.05, 0.1) is 6.54 Å². The van der Waals surface area contributed by atoms with E-state index in [1.165, 1.54) is 17.5 Å². The third-order valence-corrected chi connectivity index (χ3v) is 5.09. The highest BCUT2D eigenvalue weighted by Gasteiger charge is 2.37. The van der Waals surface area contributed by atoms with Gasteiger partial charge in [-0.25, -0.2) is 0 Å². The van der Waals surface area contributed by atoms with Crippen LogP contribution in [-0.2, 0) is 17.9 Å². The predicted octanol–water partition coefficient (Wildman–Crippen LogP) is 1.78. The topological polar surface area (TPSA) is 50.2 Å². The number of nitrogens with one attached hydrogen (secondary N) is 1. The lowest BCUT2D eigenvalue weighted by Crippen LogP contribution is -2.37. The fourth-order valence-electron chi connectivity index (χ4n) is 3.86. The van der Waals surface area contributed by atoms with Crippen molar-refractivity contribution in [1.29, 1.82) is 0 Å². The number of nitrogens with zero attached hydrogens (tertiary/aromatic N) is 3. The van der Waals surface area contributed by atoms with Gasteiger partial charge in [-0.3, -0.25) is 14.4 Å². The first-order chi connectivity index (χ1) is 11.3. The van der Waals surface area contributed by atoms with Gasteiger partial charge in [-0.1, -0.05) is 24.3 Å². The molecule has 1 amide bonds. The van der Waals surface area contributed by atoms with E-state index in [9.17, 15) is 4.79 Å². The second kappa shape index (κ2) is 6.16. The number of carbonyl (C=O) groups is 1. The Bertz CT molecular complexity index is 682. The number of amides is 1. The van der Waals surface area contributed by atoms with Gasteiger partial charge in [-0.15, -0.1) is 0 Å². The number of aromatic nitrogens is 2. The summed E-state index contributed by atoms with van der Waals surface area (Å²) in [7, 11) is 0. The minimum absolute atomic E-state index is 0.201. The fourth-order valence-corrected chi connectivity index (χ4v) is 3.86. The molecular formula is C18H22N4O. The summed E-state index contributed by atoms with van der Waals surface area (Å²) in [4.78, 5) is 14.3. The predicted molar refractivity (Wildman–Crippen MR) is 87.8 cm³/mol. The van der Waals surface area contributed by atoms with Crippen molar-refractivity contribution in [1.82, 2.24) is 20.0 Å². The molecule has 0 aliphatic carbocycles. The van der Waals surface area contributed by atoms with Gasteiger partial charge in [0.1, 0.15) is 0 Å². The smallest absolute Gasteiger partial charge is 0.221 e. The standard InChI is InChI=1S/C18H22N4O/c23-18-10-16-6-7-17(11-19-18)22(16)13-15-5-2-1-4-14(15)12-21-9-3-8-20-21/h1-5,8-9,16-17H,6-7,10-13H2,(H,19,23)/t16-,17+/m1/s1. The monoisotopic (exact) mass is 310 g/mol. The quantitative estimate of drug-likeness (QED) is 0.936. The Morgan fingerprint density at radius 3 is 2.65 bits per heavy atom. The normalized spacial score (nSPS) is 24.4. The van der Waals surface area contributed by atoms with Gasteiger partial charge < -0.3 is 5.32 Å². The van der Waals surface area contributed by atoms with E-state index in [0.717, 1.165) is 26.1 Å². The van der Waals surface area contributed by atoms with Crippen LogP contribution in [0.5, 0.6) is 0 Å². The molecule has 1 aromatic heterocycles. The first kappa shape index (κ1) is 14.5. The van der Waals surface area contributed by atoms with E-state index in [-0.39, 0.29) is 5.91 Å². The fraction of sp³-hybridized carbons (Fsp3) is 0.444. The molecule has 1 aromatic carbocycles. The average Bonchev–Trinajstić information content (AvgIpc) is 3.14. The molecule has 3 heterocycles. The first-order valence-electron chi connectivity index (χ1n) is 8.36. The van der Waals surface area contributed by atoms with E-state index in [1.54, 1.807) is 0 Å². The van der Waals surface area contributed by atoms with Crippen molar-refractivity contribution in [3.05, 3.63) is 53.9 Å². The van der Waals surface area contributed by atoms with Crippen LogP contribution in [-0.4, -0.2) is 39.2 Å². The van der Waals surface area contributed by atoms with E-state index in [1.807, 2.05) is 23.1 Å². The summed E-state index contributed by atoms with van der Waals surface area (Å²) < 4.78 is 1.96. The largest absolute Gasteiger partial charge is 0.354 e. The zero-order valence-corrected chi connectivity index (χ0v) is 13.2. The van der Waals surface area contributed by atoms with Crippen LogP contribution in [0.4, 0.5) is 0 Å². The van der Waals surface area contributed by atoms with E-state index >= 15 is 0 Å². The molecular weight excluding hydrogens is 288 g/mol. The third kappa shape index (κ3) is 3.01. The van der Waals surface area contributed by atoms with Crippen LogP contribution in [0, 0.1) is 0 Å². The molecule has 2 atom stereocenters. The summed E-state index contributed by atoms with van der Waals surface area (Å²) in [6, 6.07) is 11.4. The van der Waals surface area contributed by atoms with E-state index < -0.39 is 0 Å². The van der Waals surface area contributed by atoms with Crippen molar-refractivity contribution >= 4 is 5.91 Å². The maximum Gasteiger partial charge on any atom is 0.221 e. The minimum atomic E-state index is 0.201. The van der Waals surface area contributed by atoms with Gasteiger partial charge in [0.2, 0.25) is 5.91 Å². The van der Waals surface area contributed by atoms with Crippen LogP contribution < -0.4 is 5.32 Å². The molecule has 0 unspecified atom stereocenters. The highest BCUT2D eigenvalue weighted by atomic mass is 16.1. The van der Waals surface area contributed by atoms with E-state index in [4.69, 9.17) is 0 Å². The Morgan fingerprint density at radius 2 is 1.87 bits per heavy atom. The van der Waals surface area contributed by atoms with Gasteiger partial charge >= 0.3 is 0 Å². The molecule has 1 N–H and O–H groups in total. The Kier molecular flexibility index (Phi) is 3.87. The Balaban J connectivity index is 1.55. The molecule has 2 aliphatic heterocycles. The Labute approximate surface area is 136 Å². The van der Waals surface area contributed by atoms with Gasteiger partial charge in [0.15, 0.2) is 0 Å². The van der Waals surface area contributed by atoms with Crippen LogP contribution in [0.1, 0.15) is 30.4 Å². The molecule has 0 spiro atoms. The lowest BCUT2D eigenvalue weighted by molar-refractivity contribution is -0.121. The number of carbonyl (C=O) groups excluding carboxylic acids is 1. The maximum absolute atomic E-state index is 11.8. The summed E-state index contributed by atoms with van der Waals surface area (Å²) in [5, 5.41) is 7.36. The summed E-state index contributed by atoms with van der Waals surface area (Å²) in [6.07, 6.45) is 6.77. The average molecular weight is 310 g/mol. The molecule has 2 saturated heterocycles. The Morgan fingerprint density at radius 1 is 1.09 bits per heavy atom. The van der Waals surface area contributed by atoms with Crippen LogP contribution in [0.3, 0.4) is 0 Å². The highest BCUT2D eigenvalue weighted by molar-refractivity contribution is 5.77. The SMILES string of the molecule is O=C1C[C@H]2CC[C@@H](CN1)N2Cc1ccccc1Cn1cccn1. The first-order valence-corrected chi connectivity index (χ1v) is 8.36. The van der Waals surface area contributed by atoms with Crippen LogP contribution >= 0.6 is 0 Å². The van der Waals surface area contributed by atoms with Crippen LogP contribution in [0.2, 0.25) is 0 Å². The van der Waals surface area contributed by atoms with Gasteiger partial charge in [-0.05, 0) is 30.0 Å². The van der Waals surface area contributed by atoms with Crippen molar-refractivity contribution in [3.63, 3.8) is 0 Å². The molecule has 5 heteroatoms. The van der Waals surface area contributed by atoms with Crippen LogP contribution in [0.25, 0.3) is 0 Å². The Hall–Kier alpha value is -2.14. The zero-order chi connectivity index (χ0) is 15.6. The summed E-state index contributed by atoms with van der Waals surface area (Å²) in [6.45, 7) is 2.50. The number of hydrogen-bond donors (Lipinski definition) is 1. The summed E-state index contributed by atoms with van der Waals surface area (Å²) >= 11 is 0. The van der Waals surface area contributed by atoms with Crippen LogP contribution in [0.15, 0.2) is 42.7 Å². The van der Waals surface area contributed by atoms with Crippen molar-refractivity contribution < 1.29 is 4.79 Å². The van der Waals surface area contributed by atoms with E-state index in [0.29, 0.717) is 18.5 Å². The summed E-state index contributed by atoms with van der Waals surface area (Å²) in [5.41, 5.74) is 2.65. The van der Waals surface area contributed by atoms with Crippen molar-refractivity contribution in [2.45, 2.75) is 44.4 Å². The second-order valence-electron chi connectivity index (χ2n) is 6.54. The molecule has 2 aromatic rings. The lowest BCUT2D eigenvalue weighted by Gasteiger charge is -2.28. The zero-order valence-electron chi connectivity index (χ0n) is 13.2. The number of rotatable bonds is 4. The molecule has 2 aliphatic rings. The molecule has 23 heavy (non-hydrogen) atoms. The molecule has 0 radical (unpaired) electrons. The van der Waals surface area contributed by atoms with Gasteiger partial charge in [-0.2, -0.15) is 5.10 Å². The number of hydrogen-bond acceptors (Lipinski definition) is 3. The van der Waals surface area contributed by atoms with Crippen molar-refractivity contribution in [2.75, 3.05) is 6.54 Å². The molecule has 2 fully saturated rings. The highest BCUT2D eigenvalue weighted by Crippen LogP contribution is 2.30. The number of fused-ring (bicyclic) bond motifs is 2. The third-order valence-electron chi connectivity index (χ3n) is 5.09. The molecule has 0 saturated carbocycles. The summed E-state index contributed by atoms with van der Waals surface area (Å²) in [5.74, 6) is 0.201. The molecule has 120 valence electrons. The van der Waals surface area contributed by atoms with Crippen molar-refractivity contribution in [2.24, 2.45) is 0 Å². The molecule has 5 nitrogen and oxygen atoms in total. The van der Waals surface area contributed by atoms with Gasteiger partial charge in [0.25, 0.3) is 0 Å². The molecule has 2 bridgehead atoms. The van der Waals surface area contributed by atoms with E-state index in [2.05, 4.69) is 39.6 Å². The number of benzene rings is 1. The minimum Gasteiger partial charge on any atom is -0.354 e. The molecule has 4 rings (SSSR count). The lowest BCUT2D eigenvalue weighted by atomic mass is 10.1. The maximum atomic E-state index is 11.8. The van der Waals surface area contributed by atoms with Crippen molar-refractivity contribution in [3.8, 4) is 0 Å². The second-order valence-corrected chi connectivity index (χ2v) is 6.54.